The summed E-state index contributed by atoms with van der Waals surface area (Å²) in [5, 5.41) is 16.7. The lowest BCUT2D eigenvalue weighted by Crippen LogP contribution is -2.65. The summed E-state index contributed by atoms with van der Waals surface area (Å²) in [6, 6.07) is 5.23. The Balaban J connectivity index is 1.33. The Morgan fingerprint density at radius 3 is 2.77 bits per heavy atom. The molecule has 0 unspecified atom stereocenters. The van der Waals surface area contributed by atoms with Crippen molar-refractivity contribution in [3.05, 3.63) is 51.8 Å². The first-order valence-electron chi connectivity index (χ1n) is 10.3. The van der Waals surface area contributed by atoms with E-state index in [1.807, 2.05) is 24.0 Å². The molecule has 1 atom stereocenters. The van der Waals surface area contributed by atoms with E-state index in [1.54, 1.807) is 19.2 Å². The fraction of sp³-hybridized carbons (Fsp3) is 0.476. The molecule has 3 aromatic rings. The number of ether oxygens (including phenoxy) is 1. The summed E-state index contributed by atoms with van der Waals surface area (Å²) < 4.78 is 25.8. The summed E-state index contributed by atoms with van der Waals surface area (Å²) in [6.45, 7) is 5.30. The van der Waals surface area contributed by atoms with E-state index in [4.69, 9.17) is 9.26 Å². The molecular weight excluding hydrogens is 403 g/mol. The molecule has 0 radical (unpaired) electrons. The number of hydrogen-bond acceptors (Lipinski definition) is 8. The molecule has 0 amide bonds. The highest BCUT2D eigenvalue weighted by Crippen LogP contribution is 2.37. The topological polar surface area (TPSA) is 99.2 Å². The number of anilines is 1. The van der Waals surface area contributed by atoms with Crippen molar-refractivity contribution >= 4 is 5.69 Å². The third-order valence-corrected chi connectivity index (χ3v) is 5.99. The zero-order valence-electron chi connectivity index (χ0n) is 17.4. The first-order valence-corrected chi connectivity index (χ1v) is 10.3. The molecule has 0 saturated carbocycles. The Morgan fingerprint density at radius 2 is 2.10 bits per heavy atom. The average Bonchev–Trinajstić information content (AvgIpc) is 3.09. The van der Waals surface area contributed by atoms with E-state index in [0.717, 1.165) is 16.9 Å². The first-order chi connectivity index (χ1) is 14.9. The molecule has 162 valence electrons. The van der Waals surface area contributed by atoms with E-state index >= 15 is 0 Å². The van der Waals surface area contributed by atoms with Crippen LogP contribution >= 0.6 is 0 Å². The van der Waals surface area contributed by atoms with E-state index in [9.17, 15) is 9.18 Å². The summed E-state index contributed by atoms with van der Waals surface area (Å²) >= 11 is 0. The van der Waals surface area contributed by atoms with Crippen molar-refractivity contribution in [1.82, 2.24) is 25.1 Å². The SMILES string of the molecule is Cc1ccc(-c2noc(C)c2Cn2ncc(N3CC4(CC[C@H](F)CO4)C3)cc2=O)nn1. The molecule has 2 fully saturated rings. The normalized spacial score (nSPS) is 20.1. The Morgan fingerprint density at radius 1 is 1.26 bits per heavy atom. The predicted octanol–water partition coefficient (Wildman–Crippen LogP) is 2.06. The standard InChI is InChI=1S/C21H23FN6O3/c1-13-3-4-18(25-24-13)20-17(14(2)31-26-20)9-28-19(29)7-16(8-23-28)27-11-21(12-27)6-5-15(22)10-30-21/h3-4,7-8,15H,5-6,9-12H2,1-2H3/t15-/m0/s1. The van der Waals surface area contributed by atoms with Gasteiger partial charge in [0.1, 0.15) is 28.9 Å². The number of alkyl halides is 1. The van der Waals surface area contributed by atoms with Crippen molar-refractivity contribution < 1.29 is 13.7 Å². The van der Waals surface area contributed by atoms with Gasteiger partial charge in [-0.15, -0.1) is 5.10 Å². The maximum atomic E-state index is 13.3. The lowest BCUT2D eigenvalue weighted by atomic mass is 9.85. The molecular formula is C21H23FN6O3. The number of aryl methyl sites for hydroxylation is 2. The molecule has 2 aliphatic rings. The molecule has 0 bridgehead atoms. The first kappa shape index (κ1) is 19.8. The average molecular weight is 426 g/mol. The van der Waals surface area contributed by atoms with Crippen molar-refractivity contribution in [2.45, 2.75) is 45.0 Å². The minimum atomic E-state index is -0.873. The van der Waals surface area contributed by atoms with E-state index < -0.39 is 6.17 Å². The molecule has 9 nitrogen and oxygen atoms in total. The number of halogens is 1. The summed E-state index contributed by atoms with van der Waals surface area (Å²) in [5.74, 6) is 0.598. The van der Waals surface area contributed by atoms with Gasteiger partial charge in [0.2, 0.25) is 0 Å². The van der Waals surface area contributed by atoms with Gasteiger partial charge < -0.3 is 14.2 Å². The second-order valence-corrected chi connectivity index (χ2v) is 8.32. The van der Waals surface area contributed by atoms with Gasteiger partial charge in [0.05, 0.1) is 30.7 Å². The van der Waals surface area contributed by atoms with Gasteiger partial charge in [-0.05, 0) is 38.8 Å². The minimum Gasteiger partial charge on any atom is -0.368 e. The summed E-state index contributed by atoms with van der Waals surface area (Å²) in [7, 11) is 0. The van der Waals surface area contributed by atoms with Crippen LogP contribution in [-0.4, -0.2) is 56.6 Å². The van der Waals surface area contributed by atoms with Gasteiger partial charge in [0.15, 0.2) is 0 Å². The second kappa shape index (κ2) is 7.52. The van der Waals surface area contributed by atoms with Crippen LogP contribution in [0.25, 0.3) is 11.4 Å². The van der Waals surface area contributed by atoms with Crippen molar-refractivity contribution in [3.8, 4) is 11.4 Å². The molecule has 0 aliphatic carbocycles. The summed E-state index contributed by atoms with van der Waals surface area (Å²) in [5.41, 5.74) is 2.89. The van der Waals surface area contributed by atoms with Crippen molar-refractivity contribution in [1.29, 1.82) is 0 Å². The Bertz CT molecular complexity index is 1140. The maximum absolute atomic E-state index is 13.3. The van der Waals surface area contributed by atoms with Crippen LogP contribution in [0.2, 0.25) is 0 Å². The molecule has 2 saturated heterocycles. The van der Waals surface area contributed by atoms with Gasteiger partial charge in [-0.1, -0.05) is 5.16 Å². The molecule has 5 rings (SSSR count). The van der Waals surface area contributed by atoms with Crippen LogP contribution in [-0.2, 0) is 11.3 Å². The lowest BCUT2D eigenvalue weighted by molar-refractivity contribution is -0.120. The number of hydrogen-bond donors (Lipinski definition) is 0. The van der Waals surface area contributed by atoms with Gasteiger partial charge in [-0.25, -0.2) is 9.07 Å². The van der Waals surface area contributed by atoms with Crippen LogP contribution < -0.4 is 10.5 Å². The third kappa shape index (κ3) is 3.71. The fourth-order valence-corrected chi connectivity index (χ4v) is 4.09. The molecule has 2 aliphatic heterocycles. The molecule has 5 heterocycles. The van der Waals surface area contributed by atoms with Crippen LogP contribution in [0.4, 0.5) is 10.1 Å². The molecule has 3 aromatic heterocycles. The fourth-order valence-electron chi connectivity index (χ4n) is 4.09. The minimum absolute atomic E-state index is 0.152. The molecule has 10 heteroatoms. The van der Waals surface area contributed by atoms with Gasteiger partial charge >= 0.3 is 0 Å². The van der Waals surface area contributed by atoms with Crippen LogP contribution in [0.15, 0.2) is 33.7 Å². The van der Waals surface area contributed by atoms with Gasteiger partial charge in [-0.3, -0.25) is 4.79 Å². The number of rotatable bonds is 4. The zero-order chi connectivity index (χ0) is 21.6. The lowest BCUT2D eigenvalue weighted by Gasteiger charge is -2.52. The highest BCUT2D eigenvalue weighted by Gasteiger charge is 2.47. The van der Waals surface area contributed by atoms with E-state index in [2.05, 4.69) is 20.5 Å². The molecule has 31 heavy (non-hydrogen) atoms. The highest BCUT2D eigenvalue weighted by molar-refractivity contribution is 5.58. The van der Waals surface area contributed by atoms with E-state index in [-0.39, 0.29) is 24.3 Å². The van der Waals surface area contributed by atoms with Crippen molar-refractivity contribution in [3.63, 3.8) is 0 Å². The van der Waals surface area contributed by atoms with Crippen molar-refractivity contribution in [2.24, 2.45) is 0 Å². The van der Waals surface area contributed by atoms with Gasteiger partial charge in [-0.2, -0.15) is 10.2 Å². The monoisotopic (exact) mass is 426 g/mol. The van der Waals surface area contributed by atoms with Crippen LogP contribution in [0.1, 0.15) is 29.9 Å². The van der Waals surface area contributed by atoms with Gasteiger partial charge in [0, 0.05) is 24.7 Å². The number of aromatic nitrogens is 5. The Kier molecular flexibility index (Phi) is 4.81. The molecule has 0 N–H and O–H groups in total. The predicted molar refractivity (Wildman–Crippen MR) is 110 cm³/mol. The van der Waals surface area contributed by atoms with Crippen LogP contribution in [0, 0.1) is 13.8 Å². The van der Waals surface area contributed by atoms with Crippen LogP contribution in [0.3, 0.4) is 0 Å². The summed E-state index contributed by atoms with van der Waals surface area (Å²) in [4.78, 5) is 14.8. The Labute approximate surface area is 177 Å². The highest BCUT2D eigenvalue weighted by atomic mass is 19.1. The van der Waals surface area contributed by atoms with E-state index in [1.165, 1.54) is 4.68 Å². The molecule has 0 aromatic carbocycles. The third-order valence-electron chi connectivity index (χ3n) is 5.99. The number of nitrogens with zero attached hydrogens (tertiary/aromatic N) is 6. The second-order valence-electron chi connectivity index (χ2n) is 8.32. The maximum Gasteiger partial charge on any atom is 0.269 e. The largest absolute Gasteiger partial charge is 0.368 e. The summed E-state index contributed by atoms with van der Waals surface area (Å²) in [6.07, 6.45) is 2.02. The van der Waals surface area contributed by atoms with Crippen molar-refractivity contribution in [2.75, 3.05) is 24.6 Å². The van der Waals surface area contributed by atoms with Gasteiger partial charge in [0.25, 0.3) is 5.56 Å². The van der Waals surface area contributed by atoms with E-state index in [0.29, 0.717) is 43.1 Å². The Hall–Kier alpha value is -3.14. The molecule has 1 spiro atoms. The zero-order valence-corrected chi connectivity index (χ0v) is 17.4. The van der Waals surface area contributed by atoms with Crippen LogP contribution in [0.5, 0.6) is 0 Å². The smallest absolute Gasteiger partial charge is 0.269 e. The quantitative estimate of drug-likeness (QED) is 0.625.